The number of nitrogens with zero attached hydrogens (tertiary/aromatic N) is 3. The lowest BCUT2D eigenvalue weighted by atomic mass is 10.6. The standard InChI is InChI=1S/C8H11N5O2/c1-9-7(14)13(2)8(15)12-6-10-4-3-5-11-6/h3-5H,1-2H3,(H,9,14)(H,10,11,12,15). The smallest absolute Gasteiger partial charge is 0.332 e. The van der Waals surface area contributed by atoms with E-state index in [0.717, 1.165) is 4.90 Å². The maximum absolute atomic E-state index is 11.4. The van der Waals surface area contributed by atoms with Gasteiger partial charge in [0.25, 0.3) is 0 Å². The van der Waals surface area contributed by atoms with Crippen LogP contribution in [0.5, 0.6) is 0 Å². The molecule has 0 radical (unpaired) electrons. The first-order valence-corrected chi connectivity index (χ1v) is 4.18. The van der Waals surface area contributed by atoms with Gasteiger partial charge in [-0.15, -0.1) is 0 Å². The number of amides is 4. The molecule has 0 saturated heterocycles. The van der Waals surface area contributed by atoms with E-state index in [4.69, 9.17) is 0 Å². The molecule has 2 N–H and O–H groups in total. The van der Waals surface area contributed by atoms with Crippen molar-refractivity contribution in [2.75, 3.05) is 19.4 Å². The summed E-state index contributed by atoms with van der Waals surface area (Å²) in [7, 11) is 2.78. The van der Waals surface area contributed by atoms with Gasteiger partial charge >= 0.3 is 12.1 Å². The van der Waals surface area contributed by atoms with Crippen molar-refractivity contribution in [2.24, 2.45) is 0 Å². The quantitative estimate of drug-likeness (QED) is 0.695. The first-order valence-electron chi connectivity index (χ1n) is 4.18. The zero-order valence-electron chi connectivity index (χ0n) is 8.39. The summed E-state index contributed by atoms with van der Waals surface area (Å²) in [5.74, 6) is 0.151. The molecule has 1 heterocycles. The van der Waals surface area contributed by atoms with Crippen molar-refractivity contribution in [3.05, 3.63) is 18.5 Å². The summed E-state index contributed by atoms with van der Waals surface area (Å²) in [4.78, 5) is 30.9. The summed E-state index contributed by atoms with van der Waals surface area (Å²) in [5, 5.41) is 4.68. The maximum atomic E-state index is 11.4. The third kappa shape index (κ3) is 2.90. The van der Waals surface area contributed by atoms with Crippen molar-refractivity contribution in [1.82, 2.24) is 20.2 Å². The second-order valence-corrected chi connectivity index (χ2v) is 2.62. The number of nitrogens with one attached hydrogen (secondary N) is 2. The lowest BCUT2D eigenvalue weighted by Gasteiger charge is -2.14. The molecule has 7 nitrogen and oxygen atoms in total. The molecule has 7 heteroatoms. The molecule has 0 aliphatic heterocycles. The van der Waals surface area contributed by atoms with Crippen LogP contribution in [0.1, 0.15) is 0 Å². The molecule has 0 bridgehead atoms. The van der Waals surface area contributed by atoms with Gasteiger partial charge in [0.1, 0.15) is 0 Å². The van der Waals surface area contributed by atoms with Gasteiger partial charge in [0, 0.05) is 26.5 Å². The second-order valence-electron chi connectivity index (χ2n) is 2.62. The molecular weight excluding hydrogens is 198 g/mol. The highest BCUT2D eigenvalue weighted by Crippen LogP contribution is 1.96. The van der Waals surface area contributed by atoms with E-state index >= 15 is 0 Å². The summed E-state index contributed by atoms with van der Waals surface area (Å²) in [6.07, 6.45) is 2.98. The van der Waals surface area contributed by atoms with E-state index in [9.17, 15) is 9.59 Å². The Morgan fingerprint density at radius 2 is 1.87 bits per heavy atom. The first-order chi connectivity index (χ1) is 7.15. The van der Waals surface area contributed by atoms with Gasteiger partial charge in [0.05, 0.1) is 0 Å². The van der Waals surface area contributed by atoms with Crippen LogP contribution in [0, 0.1) is 0 Å². The Bertz CT molecular complexity index is 353. The fourth-order valence-electron chi connectivity index (χ4n) is 0.803. The van der Waals surface area contributed by atoms with Crippen LogP contribution in [0.3, 0.4) is 0 Å². The molecule has 0 saturated carbocycles. The molecule has 1 aromatic heterocycles. The van der Waals surface area contributed by atoms with Crippen molar-refractivity contribution in [3.8, 4) is 0 Å². The minimum Gasteiger partial charge on any atom is -0.341 e. The molecule has 0 aromatic carbocycles. The van der Waals surface area contributed by atoms with Gasteiger partial charge in [-0.1, -0.05) is 0 Å². The summed E-state index contributed by atoms with van der Waals surface area (Å²) in [6, 6.07) is 0.516. The summed E-state index contributed by atoms with van der Waals surface area (Å²) in [6.45, 7) is 0. The normalized spacial score (nSPS) is 9.20. The van der Waals surface area contributed by atoms with E-state index in [1.165, 1.54) is 26.5 Å². The van der Waals surface area contributed by atoms with E-state index in [1.54, 1.807) is 6.07 Å². The molecule has 1 aromatic rings. The van der Waals surface area contributed by atoms with Gasteiger partial charge in [-0.2, -0.15) is 0 Å². The minimum atomic E-state index is -0.597. The molecule has 0 spiro atoms. The Hall–Kier alpha value is -2.18. The molecule has 4 amide bonds. The lowest BCUT2D eigenvalue weighted by Crippen LogP contribution is -2.42. The van der Waals surface area contributed by atoms with E-state index in [-0.39, 0.29) is 5.95 Å². The van der Waals surface area contributed by atoms with E-state index in [2.05, 4.69) is 20.6 Å². The second kappa shape index (κ2) is 4.89. The monoisotopic (exact) mass is 209 g/mol. The van der Waals surface area contributed by atoms with Crippen LogP contribution in [0.15, 0.2) is 18.5 Å². The number of urea groups is 2. The molecule has 0 aliphatic carbocycles. The third-order valence-corrected chi connectivity index (χ3v) is 1.61. The van der Waals surface area contributed by atoms with Gasteiger partial charge in [-0.3, -0.25) is 5.32 Å². The number of aromatic nitrogens is 2. The number of carbonyl (C=O) groups excluding carboxylic acids is 2. The Morgan fingerprint density at radius 3 is 2.40 bits per heavy atom. The molecular formula is C8H11N5O2. The number of hydrogen-bond acceptors (Lipinski definition) is 4. The highest BCUT2D eigenvalue weighted by atomic mass is 16.2. The number of anilines is 1. The number of carbonyl (C=O) groups is 2. The summed E-state index contributed by atoms with van der Waals surface area (Å²) in [5.41, 5.74) is 0. The maximum Gasteiger partial charge on any atom is 0.332 e. The molecule has 0 aliphatic rings. The van der Waals surface area contributed by atoms with Crippen LogP contribution < -0.4 is 10.6 Å². The van der Waals surface area contributed by atoms with Crippen LogP contribution >= 0.6 is 0 Å². The molecule has 0 atom stereocenters. The predicted octanol–water partition coefficient (Wildman–Crippen LogP) is 0.280. The van der Waals surface area contributed by atoms with E-state index in [0.29, 0.717) is 0 Å². The highest BCUT2D eigenvalue weighted by molar-refractivity contribution is 5.99. The molecule has 0 fully saturated rings. The lowest BCUT2D eigenvalue weighted by molar-refractivity contribution is 0.203. The summed E-state index contributed by atoms with van der Waals surface area (Å²) >= 11 is 0. The van der Waals surface area contributed by atoms with Crippen molar-refractivity contribution in [1.29, 1.82) is 0 Å². The zero-order valence-corrected chi connectivity index (χ0v) is 8.39. The van der Waals surface area contributed by atoms with Gasteiger partial charge in [0.15, 0.2) is 0 Å². The third-order valence-electron chi connectivity index (χ3n) is 1.61. The van der Waals surface area contributed by atoms with Gasteiger partial charge in [-0.05, 0) is 6.07 Å². The largest absolute Gasteiger partial charge is 0.341 e. The van der Waals surface area contributed by atoms with Crippen LogP contribution in [-0.4, -0.2) is 41.0 Å². The predicted molar refractivity (Wildman–Crippen MR) is 53.3 cm³/mol. The zero-order chi connectivity index (χ0) is 11.3. The van der Waals surface area contributed by atoms with Crippen LogP contribution in [0.4, 0.5) is 15.5 Å². The Morgan fingerprint density at radius 1 is 1.27 bits per heavy atom. The van der Waals surface area contributed by atoms with Crippen molar-refractivity contribution < 1.29 is 9.59 Å². The average Bonchev–Trinajstić information content (AvgIpc) is 2.28. The van der Waals surface area contributed by atoms with Gasteiger partial charge in [-0.25, -0.2) is 24.5 Å². The van der Waals surface area contributed by atoms with Crippen LogP contribution in [-0.2, 0) is 0 Å². The Labute approximate surface area is 86.5 Å². The Balaban J connectivity index is 2.60. The van der Waals surface area contributed by atoms with Gasteiger partial charge in [0.2, 0.25) is 5.95 Å². The molecule has 0 unspecified atom stereocenters. The van der Waals surface area contributed by atoms with Gasteiger partial charge < -0.3 is 5.32 Å². The van der Waals surface area contributed by atoms with Crippen LogP contribution in [0.25, 0.3) is 0 Å². The fourth-order valence-corrected chi connectivity index (χ4v) is 0.803. The van der Waals surface area contributed by atoms with E-state index < -0.39 is 12.1 Å². The number of hydrogen-bond donors (Lipinski definition) is 2. The van der Waals surface area contributed by atoms with Crippen molar-refractivity contribution >= 4 is 18.0 Å². The Kier molecular flexibility index (Phi) is 3.55. The fraction of sp³-hybridized carbons (Fsp3) is 0.250. The highest BCUT2D eigenvalue weighted by Gasteiger charge is 2.15. The van der Waals surface area contributed by atoms with E-state index in [1.807, 2.05) is 0 Å². The van der Waals surface area contributed by atoms with Crippen molar-refractivity contribution in [3.63, 3.8) is 0 Å². The van der Waals surface area contributed by atoms with Crippen LogP contribution in [0.2, 0.25) is 0 Å². The summed E-state index contributed by atoms with van der Waals surface area (Å²) < 4.78 is 0. The minimum absolute atomic E-state index is 0.151. The number of imide groups is 1. The molecule has 80 valence electrons. The molecule has 1 rings (SSSR count). The average molecular weight is 209 g/mol. The topological polar surface area (TPSA) is 87.2 Å². The van der Waals surface area contributed by atoms with Crippen molar-refractivity contribution in [2.45, 2.75) is 0 Å². The SMILES string of the molecule is CNC(=O)N(C)C(=O)Nc1ncccn1. The number of rotatable bonds is 1. The first kappa shape index (κ1) is 10.9. The molecule has 15 heavy (non-hydrogen) atoms.